The molecule has 0 aliphatic carbocycles. The first-order valence-corrected chi connectivity index (χ1v) is 9.41. The third kappa shape index (κ3) is 4.42. The number of halogens is 1. The lowest BCUT2D eigenvalue weighted by molar-refractivity contribution is 0.402. The molecule has 1 aliphatic rings. The minimum atomic E-state index is -0.312. The molecule has 27 heavy (non-hydrogen) atoms. The van der Waals surface area contributed by atoms with E-state index in [0.29, 0.717) is 17.6 Å². The molecule has 1 fully saturated rings. The number of aromatic nitrogens is 2. The summed E-state index contributed by atoms with van der Waals surface area (Å²) in [6.45, 7) is 1.96. The summed E-state index contributed by atoms with van der Waals surface area (Å²) < 4.78 is 13.8. The van der Waals surface area contributed by atoms with Gasteiger partial charge in [-0.15, -0.1) is 0 Å². The standard InChI is InChI=1S/C22H23FN4/c23-19-8-4-5-9-20(19)25-22-24-13-10-21(26-22)27-14-11-18(12-15-27)16-17-6-2-1-3-7-17/h1-10,13,18H,11-12,14-16H2,(H,24,25,26). The van der Waals surface area contributed by atoms with Gasteiger partial charge >= 0.3 is 0 Å². The SMILES string of the molecule is Fc1ccccc1Nc1nccc(N2CCC(Cc3ccccc3)CC2)n1. The summed E-state index contributed by atoms with van der Waals surface area (Å²) in [5.74, 6) is 1.71. The van der Waals surface area contributed by atoms with Gasteiger partial charge in [0, 0.05) is 19.3 Å². The number of hydrogen-bond acceptors (Lipinski definition) is 4. The number of nitrogens with one attached hydrogen (secondary N) is 1. The van der Waals surface area contributed by atoms with Gasteiger partial charge in [-0.25, -0.2) is 9.37 Å². The van der Waals surface area contributed by atoms with Crippen LogP contribution < -0.4 is 10.2 Å². The lowest BCUT2D eigenvalue weighted by Gasteiger charge is -2.33. The third-order valence-electron chi connectivity index (χ3n) is 5.07. The van der Waals surface area contributed by atoms with Crippen LogP contribution in [0.3, 0.4) is 0 Å². The Morgan fingerprint density at radius 2 is 1.70 bits per heavy atom. The Bertz CT molecular complexity index is 876. The number of nitrogens with zero attached hydrogens (tertiary/aromatic N) is 3. The predicted octanol–water partition coefficient (Wildman–Crippen LogP) is 4.82. The second kappa shape index (κ2) is 8.16. The highest BCUT2D eigenvalue weighted by atomic mass is 19.1. The number of piperidine rings is 1. The van der Waals surface area contributed by atoms with Crippen LogP contribution in [0.25, 0.3) is 0 Å². The van der Waals surface area contributed by atoms with Gasteiger partial charge in [-0.05, 0) is 48.9 Å². The van der Waals surface area contributed by atoms with Gasteiger partial charge in [-0.2, -0.15) is 4.98 Å². The van der Waals surface area contributed by atoms with Crippen LogP contribution in [-0.4, -0.2) is 23.1 Å². The molecule has 1 aliphatic heterocycles. The maximum atomic E-state index is 13.8. The van der Waals surface area contributed by atoms with Crippen molar-refractivity contribution in [1.82, 2.24) is 9.97 Å². The highest BCUT2D eigenvalue weighted by molar-refractivity contribution is 5.55. The molecule has 0 radical (unpaired) electrons. The fourth-order valence-corrected chi connectivity index (χ4v) is 3.58. The molecule has 4 rings (SSSR count). The van der Waals surface area contributed by atoms with E-state index in [1.165, 1.54) is 11.6 Å². The van der Waals surface area contributed by atoms with Crippen LogP contribution in [0.2, 0.25) is 0 Å². The average Bonchev–Trinajstić information content (AvgIpc) is 2.71. The zero-order valence-electron chi connectivity index (χ0n) is 15.2. The monoisotopic (exact) mass is 362 g/mol. The van der Waals surface area contributed by atoms with Crippen molar-refractivity contribution in [1.29, 1.82) is 0 Å². The van der Waals surface area contributed by atoms with Crippen LogP contribution >= 0.6 is 0 Å². The fourth-order valence-electron chi connectivity index (χ4n) is 3.58. The van der Waals surface area contributed by atoms with Gasteiger partial charge < -0.3 is 10.2 Å². The quantitative estimate of drug-likeness (QED) is 0.707. The number of benzene rings is 2. The van der Waals surface area contributed by atoms with Crippen LogP contribution in [0.4, 0.5) is 21.8 Å². The molecular weight excluding hydrogens is 339 g/mol. The molecule has 0 unspecified atom stereocenters. The summed E-state index contributed by atoms with van der Waals surface area (Å²) in [5.41, 5.74) is 1.80. The topological polar surface area (TPSA) is 41.1 Å². The Kier molecular flexibility index (Phi) is 5.28. The molecule has 0 amide bonds. The molecule has 5 heteroatoms. The summed E-state index contributed by atoms with van der Waals surface area (Å²) in [4.78, 5) is 11.1. The van der Waals surface area contributed by atoms with E-state index in [4.69, 9.17) is 0 Å². The first-order chi connectivity index (χ1) is 13.3. The zero-order chi connectivity index (χ0) is 18.5. The second-order valence-electron chi connectivity index (χ2n) is 6.96. The van der Waals surface area contributed by atoms with Crippen molar-refractivity contribution in [3.63, 3.8) is 0 Å². The second-order valence-corrected chi connectivity index (χ2v) is 6.96. The number of para-hydroxylation sites is 1. The van der Waals surface area contributed by atoms with E-state index in [1.54, 1.807) is 24.4 Å². The maximum Gasteiger partial charge on any atom is 0.229 e. The molecule has 2 heterocycles. The average molecular weight is 362 g/mol. The van der Waals surface area contributed by atoms with Crippen molar-refractivity contribution in [3.8, 4) is 0 Å². The molecule has 0 bridgehead atoms. The Labute approximate surface area is 159 Å². The minimum absolute atomic E-state index is 0.312. The van der Waals surface area contributed by atoms with Gasteiger partial charge in [0.1, 0.15) is 11.6 Å². The van der Waals surface area contributed by atoms with Gasteiger partial charge in [-0.3, -0.25) is 0 Å². The molecule has 4 nitrogen and oxygen atoms in total. The smallest absolute Gasteiger partial charge is 0.229 e. The van der Waals surface area contributed by atoms with Gasteiger partial charge in [-0.1, -0.05) is 42.5 Å². The molecule has 0 spiro atoms. The normalized spacial score (nSPS) is 14.9. The third-order valence-corrected chi connectivity index (χ3v) is 5.07. The van der Waals surface area contributed by atoms with Gasteiger partial charge in [0.05, 0.1) is 5.69 Å². The Hall–Kier alpha value is -2.95. The lowest BCUT2D eigenvalue weighted by Crippen LogP contribution is -2.35. The number of anilines is 3. The Morgan fingerprint density at radius 3 is 2.48 bits per heavy atom. The number of hydrogen-bond donors (Lipinski definition) is 1. The van der Waals surface area contributed by atoms with E-state index in [9.17, 15) is 4.39 Å². The molecule has 1 aromatic heterocycles. The van der Waals surface area contributed by atoms with E-state index in [1.807, 2.05) is 6.07 Å². The van der Waals surface area contributed by atoms with E-state index in [2.05, 4.69) is 50.5 Å². The number of rotatable bonds is 5. The molecule has 0 saturated carbocycles. The van der Waals surface area contributed by atoms with Crippen LogP contribution in [0.1, 0.15) is 18.4 Å². The molecule has 3 aromatic rings. The van der Waals surface area contributed by atoms with Crippen molar-refractivity contribution < 1.29 is 4.39 Å². The van der Waals surface area contributed by atoms with Crippen LogP contribution in [0.15, 0.2) is 66.9 Å². The highest BCUT2D eigenvalue weighted by Gasteiger charge is 2.20. The van der Waals surface area contributed by atoms with E-state index in [-0.39, 0.29) is 5.82 Å². The Balaban J connectivity index is 1.38. The van der Waals surface area contributed by atoms with E-state index >= 15 is 0 Å². The molecule has 1 saturated heterocycles. The molecular formula is C22H23FN4. The summed E-state index contributed by atoms with van der Waals surface area (Å²) >= 11 is 0. The van der Waals surface area contributed by atoms with Crippen LogP contribution in [0, 0.1) is 11.7 Å². The minimum Gasteiger partial charge on any atom is -0.356 e. The first-order valence-electron chi connectivity index (χ1n) is 9.41. The molecule has 0 atom stereocenters. The summed E-state index contributed by atoms with van der Waals surface area (Å²) in [6, 6.07) is 19.2. The summed E-state index contributed by atoms with van der Waals surface area (Å²) in [6.07, 6.45) is 5.16. The molecule has 2 aromatic carbocycles. The van der Waals surface area contributed by atoms with Gasteiger partial charge in [0.15, 0.2) is 0 Å². The highest BCUT2D eigenvalue weighted by Crippen LogP contribution is 2.25. The van der Waals surface area contributed by atoms with Crippen LogP contribution in [0.5, 0.6) is 0 Å². The lowest BCUT2D eigenvalue weighted by atomic mass is 9.90. The predicted molar refractivity (Wildman–Crippen MR) is 107 cm³/mol. The maximum absolute atomic E-state index is 13.8. The van der Waals surface area contributed by atoms with Crippen molar-refractivity contribution in [3.05, 3.63) is 78.2 Å². The van der Waals surface area contributed by atoms with Gasteiger partial charge in [0.2, 0.25) is 5.95 Å². The Morgan fingerprint density at radius 1 is 0.963 bits per heavy atom. The van der Waals surface area contributed by atoms with Crippen molar-refractivity contribution in [2.75, 3.05) is 23.3 Å². The van der Waals surface area contributed by atoms with E-state index < -0.39 is 0 Å². The van der Waals surface area contributed by atoms with Crippen molar-refractivity contribution in [2.24, 2.45) is 5.92 Å². The largest absolute Gasteiger partial charge is 0.356 e. The van der Waals surface area contributed by atoms with Crippen molar-refractivity contribution in [2.45, 2.75) is 19.3 Å². The van der Waals surface area contributed by atoms with E-state index in [0.717, 1.165) is 38.2 Å². The first kappa shape index (κ1) is 17.5. The van der Waals surface area contributed by atoms with Crippen LogP contribution in [-0.2, 0) is 6.42 Å². The molecule has 1 N–H and O–H groups in total. The molecule has 138 valence electrons. The summed E-state index contributed by atoms with van der Waals surface area (Å²) in [7, 11) is 0. The van der Waals surface area contributed by atoms with Crippen molar-refractivity contribution >= 4 is 17.5 Å². The zero-order valence-corrected chi connectivity index (χ0v) is 15.2. The fraction of sp³-hybridized carbons (Fsp3) is 0.273. The summed E-state index contributed by atoms with van der Waals surface area (Å²) in [5, 5.41) is 2.97. The van der Waals surface area contributed by atoms with Gasteiger partial charge in [0.25, 0.3) is 0 Å².